The predicted molar refractivity (Wildman–Crippen MR) is 129 cm³/mol. The lowest BCUT2D eigenvalue weighted by atomic mass is 10.1. The molecule has 0 atom stereocenters. The molecule has 4 amide bonds. The molecule has 0 spiro atoms. The molecule has 1 N–H and O–H groups in total. The molecule has 1 fully saturated rings. The van der Waals surface area contributed by atoms with Crippen LogP contribution in [0.25, 0.3) is 6.08 Å². The van der Waals surface area contributed by atoms with Crippen molar-refractivity contribution in [2.75, 3.05) is 4.90 Å². The number of nitrogens with one attached hydrogen (secondary N) is 1. The van der Waals surface area contributed by atoms with E-state index in [1.54, 1.807) is 36.4 Å². The van der Waals surface area contributed by atoms with Gasteiger partial charge in [-0.2, -0.15) is 0 Å². The maximum atomic E-state index is 13.0. The van der Waals surface area contributed by atoms with Crippen molar-refractivity contribution in [3.05, 3.63) is 104 Å². The van der Waals surface area contributed by atoms with E-state index in [1.165, 1.54) is 36.4 Å². The molecule has 1 aliphatic heterocycles. The molecule has 9 nitrogen and oxygen atoms in total. The van der Waals surface area contributed by atoms with Gasteiger partial charge in [0, 0.05) is 12.1 Å². The van der Waals surface area contributed by atoms with E-state index >= 15 is 0 Å². The molecule has 0 aliphatic carbocycles. The quantitative estimate of drug-likeness (QED) is 0.211. The van der Waals surface area contributed by atoms with E-state index in [9.17, 15) is 24.5 Å². The second kappa shape index (κ2) is 9.96. The van der Waals surface area contributed by atoms with Gasteiger partial charge in [-0.05, 0) is 59.7 Å². The van der Waals surface area contributed by atoms with Crippen LogP contribution < -0.4 is 15.0 Å². The van der Waals surface area contributed by atoms with Crippen LogP contribution in [0.15, 0.2) is 72.3 Å². The zero-order valence-corrected chi connectivity index (χ0v) is 19.2. The van der Waals surface area contributed by atoms with Gasteiger partial charge >= 0.3 is 6.03 Å². The van der Waals surface area contributed by atoms with Crippen LogP contribution >= 0.6 is 23.2 Å². The van der Waals surface area contributed by atoms with E-state index in [-0.39, 0.29) is 33.6 Å². The van der Waals surface area contributed by atoms with E-state index in [1.807, 2.05) is 0 Å². The molecule has 11 heteroatoms. The third-order valence-corrected chi connectivity index (χ3v) is 5.72. The number of hydrogen-bond acceptors (Lipinski definition) is 6. The first-order chi connectivity index (χ1) is 16.7. The Kier molecular flexibility index (Phi) is 6.81. The summed E-state index contributed by atoms with van der Waals surface area (Å²) in [6.07, 6.45) is 1.34. The summed E-state index contributed by atoms with van der Waals surface area (Å²) in [6.45, 7) is 0.150. The Hall–Kier alpha value is -4.21. The first-order valence-corrected chi connectivity index (χ1v) is 10.8. The number of nitro groups is 1. The number of non-ortho nitro benzene ring substituents is 1. The minimum absolute atomic E-state index is 0.0220. The SMILES string of the molecule is O=C1NC(=O)N(c2ccc(Cl)c(Cl)c2)C(=O)/C1=C\c1cccc(OCc2ccc([N+](=O)[O-])cc2)c1. The fourth-order valence-corrected chi connectivity index (χ4v) is 3.55. The summed E-state index contributed by atoms with van der Waals surface area (Å²) >= 11 is 11.9. The number of halogens is 2. The summed E-state index contributed by atoms with van der Waals surface area (Å²) in [4.78, 5) is 48.9. The van der Waals surface area contributed by atoms with Crippen LogP contribution in [0.4, 0.5) is 16.2 Å². The highest BCUT2D eigenvalue weighted by molar-refractivity contribution is 6.43. The largest absolute Gasteiger partial charge is 0.489 e. The number of nitrogens with zero attached hydrogens (tertiary/aromatic N) is 2. The second-order valence-electron chi connectivity index (χ2n) is 7.34. The van der Waals surface area contributed by atoms with Gasteiger partial charge in [0.05, 0.1) is 20.7 Å². The second-order valence-corrected chi connectivity index (χ2v) is 8.16. The predicted octanol–water partition coefficient (Wildman–Crippen LogP) is 5.15. The zero-order chi connectivity index (χ0) is 25.1. The normalized spacial score (nSPS) is 14.7. The number of hydrogen-bond donors (Lipinski definition) is 1. The van der Waals surface area contributed by atoms with Crippen molar-refractivity contribution in [1.29, 1.82) is 0 Å². The van der Waals surface area contributed by atoms with Gasteiger partial charge in [0.2, 0.25) is 0 Å². The maximum Gasteiger partial charge on any atom is 0.335 e. The fraction of sp³-hybridized carbons (Fsp3) is 0.0417. The topological polar surface area (TPSA) is 119 Å². The molecule has 1 heterocycles. The number of barbiturate groups is 1. The number of imide groups is 2. The highest BCUT2D eigenvalue weighted by Gasteiger charge is 2.37. The van der Waals surface area contributed by atoms with Crippen molar-refractivity contribution >= 4 is 58.5 Å². The lowest BCUT2D eigenvalue weighted by Gasteiger charge is -2.26. The van der Waals surface area contributed by atoms with Gasteiger partial charge in [-0.25, -0.2) is 9.69 Å². The zero-order valence-electron chi connectivity index (χ0n) is 17.7. The van der Waals surface area contributed by atoms with E-state index in [4.69, 9.17) is 27.9 Å². The van der Waals surface area contributed by atoms with Gasteiger partial charge in [0.25, 0.3) is 17.5 Å². The van der Waals surface area contributed by atoms with Gasteiger partial charge in [-0.15, -0.1) is 0 Å². The van der Waals surface area contributed by atoms with Crippen molar-refractivity contribution < 1.29 is 24.0 Å². The molecule has 1 saturated heterocycles. The third-order valence-electron chi connectivity index (χ3n) is 4.98. The van der Waals surface area contributed by atoms with Crippen LogP contribution in [0.3, 0.4) is 0 Å². The van der Waals surface area contributed by atoms with Gasteiger partial charge in [-0.1, -0.05) is 35.3 Å². The summed E-state index contributed by atoms with van der Waals surface area (Å²) in [5.74, 6) is -1.22. The van der Waals surface area contributed by atoms with Crippen LogP contribution in [-0.2, 0) is 16.2 Å². The Morgan fingerprint density at radius 1 is 0.971 bits per heavy atom. The highest BCUT2D eigenvalue weighted by Crippen LogP contribution is 2.29. The van der Waals surface area contributed by atoms with Gasteiger partial charge < -0.3 is 4.74 Å². The van der Waals surface area contributed by atoms with Crippen molar-refractivity contribution in [2.45, 2.75) is 6.61 Å². The molecule has 4 rings (SSSR count). The number of carbonyl (C=O) groups excluding carboxylic acids is 3. The number of ether oxygens (including phenoxy) is 1. The van der Waals surface area contributed by atoms with Crippen LogP contribution in [0.1, 0.15) is 11.1 Å². The molecule has 3 aromatic carbocycles. The molecular formula is C24H15Cl2N3O6. The smallest absolute Gasteiger partial charge is 0.335 e. The first-order valence-electron chi connectivity index (χ1n) is 10.1. The standard InChI is InChI=1S/C24H15Cl2N3O6/c25-20-9-8-17(12-21(20)26)28-23(31)19(22(30)27-24(28)32)11-15-2-1-3-18(10-15)35-13-14-4-6-16(7-5-14)29(33)34/h1-12H,13H2,(H,27,30,32)/b19-11-. The Balaban J connectivity index is 1.54. The minimum Gasteiger partial charge on any atom is -0.489 e. The monoisotopic (exact) mass is 511 g/mol. The van der Waals surface area contributed by atoms with Crippen LogP contribution in [0, 0.1) is 10.1 Å². The Bertz CT molecular complexity index is 1390. The number of nitro benzene ring substituents is 1. The maximum absolute atomic E-state index is 13.0. The van der Waals surface area contributed by atoms with Gasteiger partial charge in [-0.3, -0.25) is 25.0 Å². The van der Waals surface area contributed by atoms with Gasteiger partial charge in [0.15, 0.2) is 0 Å². The number of rotatable bonds is 6. The molecule has 1 aliphatic rings. The number of amides is 4. The number of anilines is 1. The molecule has 0 unspecified atom stereocenters. The summed E-state index contributed by atoms with van der Waals surface area (Å²) in [5.41, 5.74) is 1.07. The van der Waals surface area contributed by atoms with Crippen LogP contribution in [0.5, 0.6) is 5.75 Å². The minimum atomic E-state index is -0.907. The number of urea groups is 1. The summed E-state index contributed by atoms with van der Waals surface area (Å²) < 4.78 is 5.73. The average Bonchev–Trinajstić information content (AvgIpc) is 2.83. The molecule has 0 saturated carbocycles. The van der Waals surface area contributed by atoms with Crippen molar-refractivity contribution in [3.8, 4) is 5.75 Å². The van der Waals surface area contributed by atoms with Crippen molar-refractivity contribution in [1.82, 2.24) is 5.32 Å². The number of carbonyl (C=O) groups is 3. The van der Waals surface area contributed by atoms with Crippen LogP contribution in [0.2, 0.25) is 10.0 Å². The van der Waals surface area contributed by atoms with E-state index in [0.717, 1.165) is 10.5 Å². The molecule has 35 heavy (non-hydrogen) atoms. The Labute approximate surface area is 208 Å². The Morgan fingerprint density at radius 3 is 2.40 bits per heavy atom. The summed E-state index contributed by atoms with van der Waals surface area (Å²) in [6, 6.07) is 15.9. The van der Waals surface area contributed by atoms with Crippen molar-refractivity contribution in [2.24, 2.45) is 0 Å². The molecular weight excluding hydrogens is 497 g/mol. The summed E-state index contributed by atoms with van der Waals surface area (Å²) in [5, 5.41) is 13.3. The summed E-state index contributed by atoms with van der Waals surface area (Å²) in [7, 11) is 0. The molecule has 0 radical (unpaired) electrons. The van der Waals surface area contributed by atoms with Crippen molar-refractivity contribution in [3.63, 3.8) is 0 Å². The first kappa shape index (κ1) is 23.9. The molecule has 3 aromatic rings. The molecule has 0 aromatic heterocycles. The lowest BCUT2D eigenvalue weighted by molar-refractivity contribution is -0.384. The molecule has 0 bridgehead atoms. The van der Waals surface area contributed by atoms with E-state index in [2.05, 4.69) is 5.32 Å². The van der Waals surface area contributed by atoms with Crippen LogP contribution in [-0.4, -0.2) is 22.8 Å². The Morgan fingerprint density at radius 2 is 1.71 bits per heavy atom. The van der Waals surface area contributed by atoms with E-state index in [0.29, 0.717) is 11.3 Å². The number of benzene rings is 3. The lowest BCUT2D eigenvalue weighted by Crippen LogP contribution is -2.54. The highest BCUT2D eigenvalue weighted by atomic mass is 35.5. The fourth-order valence-electron chi connectivity index (χ4n) is 3.26. The van der Waals surface area contributed by atoms with E-state index < -0.39 is 22.8 Å². The average molecular weight is 512 g/mol. The molecule has 176 valence electrons. The van der Waals surface area contributed by atoms with Gasteiger partial charge in [0.1, 0.15) is 17.9 Å². The third kappa shape index (κ3) is 5.32.